The van der Waals surface area contributed by atoms with Crippen LogP contribution in [0.3, 0.4) is 0 Å². The van der Waals surface area contributed by atoms with Crippen LogP contribution in [0.1, 0.15) is 39.5 Å². The van der Waals surface area contributed by atoms with Gasteiger partial charge in [0.2, 0.25) is 11.8 Å². The number of imide groups is 1. The van der Waals surface area contributed by atoms with Gasteiger partial charge in [0.05, 0.1) is 11.8 Å². The van der Waals surface area contributed by atoms with Crippen molar-refractivity contribution in [3.05, 3.63) is 30.3 Å². The number of anilines is 1. The number of hydrogen-bond donors (Lipinski definition) is 0. The van der Waals surface area contributed by atoms with E-state index in [1.165, 1.54) is 10.6 Å². The lowest BCUT2D eigenvalue weighted by Crippen LogP contribution is -2.56. The van der Waals surface area contributed by atoms with Crippen molar-refractivity contribution in [1.82, 2.24) is 9.80 Å². The number of Topliss-reactive ketones (excluding diaryl/α,β-unsaturated/α-hetero) is 1. The van der Waals surface area contributed by atoms with Crippen LogP contribution in [0.25, 0.3) is 0 Å². The van der Waals surface area contributed by atoms with Crippen LogP contribution < -0.4 is 4.90 Å². The van der Waals surface area contributed by atoms with E-state index >= 15 is 0 Å². The van der Waals surface area contributed by atoms with Gasteiger partial charge in [0.15, 0.2) is 0 Å². The number of likely N-dealkylation sites (tertiary alicyclic amines) is 1. The molecule has 0 N–H and O–H groups in total. The van der Waals surface area contributed by atoms with E-state index in [0.717, 1.165) is 52.0 Å². The molecule has 0 aromatic heterocycles. The van der Waals surface area contributed by atoms with E-state index in [1.54, 1.807) is 0 Å². The molecule has 1 aromatic carbocycles. The number of benzene rings is 1. The fraction of sp³-hybridized carbons (Fsp3) is 0.654. The summed E-state index contributed by atoms with van der Waals surface area (Å²) in [5.74, 6) is -0.609. The highest BCUT2D eigenvalue weighted by Gasteiger charge is 2.66. The van der Waals surface area contributed by atoms with Gasteiger partial charge in [-0.15, -0.1) is 0 Å². The van der Waals surface area contributed by atoms with Crippen molar-refractivity contribution < 1.29 is 14.4 Å². The van der Waals surface area contributed by atoms with Gasteiger partial charge in [0, 0.05) is 50.7 Å². The van der Waals surface area contributed by atoms with Crippen molar-refractivity contribution in [3.8, 4) is 0 Å². The molecule has 172 valence electrons. The first kappa shape index (κ1) is 21.6. The molecule has 2 heterocycles. The number of amides is 2. The van der Waals surface area contributed by atoms with E-state index in [0.29, 0.717) is 13.0 Å². The molecule has 6 nitrogen and oxygen atoms in total. The van der Waals surface area contributed by atoms with Crippen molar-refractivity contribution in [1.29, 1.82) is 0 Å². The Morgan fingerprint density at radius 2 is 1.59 bits per heavy atom. The number of para-hydroxylation sites is 1. The Morgan fingerprint density at radius 3 is 2.28 bits per heavy atom. The van der Waals surface area contributed by atoms with Crippen molar-refractivity contribution in [3.63, 3.8) is 0 Å². The Bertz CT molecular complexity index is 895. The summed E-state index contributed by atoms with van der Waals surface area (Å²) in [7, 11) is 0. The minimum Gasteiger partial charge on any atom is -0.369 e. The lowest BCUT2D eigenvalue weighted by Gasteiger charge is -2.52. The second-order valence-electron chi connectivity index (χ2n) is 10.7. The third kappa shape index (κ3) is 3.57. The molecule has 2 bridgehead atoms. The molecule has 2 aliphatic heterocycles. The van der Waals surface area contributed by atoms with Crippen LogP contribution in [0.5, 0.6) is 0 Å². The molecule has 0 spiro atoms. The second kappa shape index (κ2) is 8.29. The maximum Gasteiger partial charge on any atom is 0.233 e. The zero-order valence-corrected chi connectivity index (χ0v) is 19.3. The van der Waals surface area contributed by atoms with E-state index in [9.17, 15) is 14.4 Å². The maximum absolute atomic E-state index is 13.2. The second-order valence-corrected chi connectivity index (χ2v) is 10.7. The molecular weight excluding hydrogens is 402 g/mol. The van der Waals surface area contributed by atoms with Gasteiger partial charge in [-0.3, -0.25) is 24.2 Å². The Morgan fingerprint density at radius 1 is 0.906 bits per heavy atom. The number of fused-ring (bicyclic) bond motifs is 2. The van der Waals surface area contributed by atoms with Crippen molar-refractivity contribution in [2.24, 2.45) is 29.1 Å². The molecule has 2 amide bonds. The largest absolute Gasteiger partial charge is 0.369 e. The Labute approximate surface area is 190 Å². The molecule has 5 fully saturated rings. The van der Waals surface area contributed by atoms with Gasteiger partial charge in [0.25, 0.3) is 0 Å². The minimum atomic E-state index is -0.399. The molecule has 6 rings (SSSR count). The topological polar surface area (TPSA) is 60.9 Å². The van der Waals surface area contributed by atoms with Crippen molar-refractivity contribution in [2.75, 3.05) is 44.2 Å². The number of hydrogen-bond acceptors (Lipinski definition) is 5. The summed E-state index contributed by atoms with van der Waals surface area (Å²) >= 11 is 0. The molecule has 3 saturated carbocycles. The predicted octanol–water partition coefficient (Wildman–Crippen LogP) is 2.83. The van der Waals surface area contributed by atoms with E-state index in [-0.39, 0.29) is 40.8 Å². The zero-order valence-electron chi connectivity index (χ0n) is 19.3. The highest BCUT2D eigenvalue weighted by molar-refractivity contribution is 6.09. The van der Waals surface area contributed by atoms with Gasteiger partial charge in [-0.25, -0.2) is 0 Å². The van der Waals surface area contributed by atoms with Crippen LogP contribution in [0.4, 0.5) is 5.69 Å². The number of unbranched alkanes of at least 4 members (excludes halogenated alkanes) is 1. The summed E-state index contributed by atoms with van der Waals surface area (Å²) in [6.07, 6.45) is 3.16. The first-order valence-electron chi connectivity index (χ1n) is 12.3. The molecule has 3 aliphatic carbocycles. The van der Waals surface area contributed by atoms with Gasteiger partial charge in [-0.1, -0.05) is 32.0 Å². The first-order chi connectivity index (χ1) is 15.4. The predicted molar refractivity (Wildman–Crippen MR) is 123 cm³/mol. The maximum atomic E-state index is 13.2. The highest BCUT2D eigenvalue weighted by Crippen LogP contribution is 2.60. The standard InChI is InChI=1S/C26H35N3O3/c1-18-16-26(2)17-20(30)21(18)22-23(26)25(32)29(24(22)31)11-7-6-10-27-12-14-28(15-13-27)19-8-4-3-5-9-19/h3-5,8-9,18,21-23H,6-7,10-17H2,1-2H3. The van der Waals surface area contributed by atoms with E-state index in [1.807, 2.05) is 6.07 Å². The van der Waals surface area contributed by atoms with Gasteiger partial charge < -0.3 is 4.90 Å². The SMILES string of the molecule is CC1CC2(C)CC(=O)C1C1C(=O)N(CCCCN3CCN(c4ccccc4)CC3)C(=O)C12. The highest BCUT2D eigenvalue weighted by atomic mass is 16.2. The summed E-state index contributed by atoms with van der Waals surface area (Å²) in [5, 5.41) is 0. The quantitative estimate of drug-likeness (QED) is 0.506. The third-order valence-corrected chi connectivity index (χ3v) is 8.53. The Hall–Kier alpha value is -2.21. The summed E-state index contributed by atoms with van der Waals surface area (Å²) in [6, 6.07) is 10.5. The fourth-order valence-electron chi connectivity index (χ4n) is 7.10. The van der Waals surface area contributed by atoms with Crippen LogP contribution in [-0.4, -0.2) is 66.7 Å². The molecule has 32 heavy (non-hydrogen) atoms. The lowest BCUT2D eigenvalue weighted by atomic mass is 9.48. The molecule has 5 atom stereocenters. The van der Waals surface area contributed by atoms with Crippen LogP contribution >= 0.6 is 0 Å². The minimum absolute atomic E-state index is 0.0108. The van der Waals surface area contributed by atoms with Gasteiger partial charge in [-0.05, 0) is 49.3 Å². The molecule has 1 aromatic rings. The molecular formula is C26H35N3O3. The van der Waals surface area contributed by atoms with Gasteiger partial charge in [0.1, 0.15) is 5.78 Å². The zero-order chi connectivity index (χ0) is 22.5. The van der Waals surface area contributed by atoms with E-state index in [2.05, 4.69) is 47.9 Å². The Balaban J connectivity index is 1.11. The number of piperazine rings is 1. The lowest BCUT2D eigenvalue weighted by molar-refractivity contribution is -0.157. The average molecular weight is 438 g/mol. The van der Waals surface area contributed by atoms with E-state index in [4.69, 9.17) is 0 Å². The van der Waals surface area contributed by atoms with Crippen LogP contribution in [0, 0.1) is 29.1 Å². The molecule has 0 radical (unpaired) electrons. The van der Waals surface area contributed by atoms with Crippen molar-refractivity contribution >= 4 is 23.3 Å². The number of nitrogens with zero attached hydrogens (tertiary/aromatic N) is 3. The Kier molecular flexibility index (Phi) is 5.60. The smallest absolute Gasteiger partial charge is 0.233 e. The number of rotatable bonds is 6. The van der Waals surface area contributed by atoms with Crippen LogP contribution in [0.15, 0.2) is 30.3 Å². The number of carbonyl (C=O) groups is 3. The summed E-state index contributed by atoms with van der Waals surface area (Å²) in [5.41, 5.74) is 0.950. The average Bonchev–Trinajstić information content (AvgIpc) is 3.03. The third-order valence-electron chi connectivity index (χ3n) is 8.53. The number of carbonyl (C=O) groups excluding carboxylic acids is 3. The van der Waals surface area contributed by atoms with Gasteiger partial charge in [-0.2, -0.15) is 0 Å². The fourth-order valence-corrected chi connectivity index (χ4v) is 7.10. The molecule has 5 unspecified atom stereocenters. The summed E-state index contributed by atoms with van der Waals surface area (Å²) < 4.78 is 0. The molecule has 6 heteroatoms. The van der Waals surface area contributed by atoms with Crippen LogP contribution in [-0.2, 0) is 14.4 Å². The normalized spacial score (nSPS) is 35.0. The van der Waals surface area contributed by atoms with Crippen molar-refractivity contribution in [2.45, 2.75) is 39.5 Å². The number of ketones is 1. The first-order valence-corrected chi connectivity index (χ1v) is 12.3. The van der Waals surface area contributed by atoms with E-state index < -0.39 is 5.92 Å². The molecule has 5 aliphatic rings. The molecule has 2 saturated heterocycles. The van der Waals surface area contributed by atoms with Crippen LogP contribution in [0.2, 0.25) is 0 Å². The van der Waals surface area contributed by atoms with Gasteiger partial charge >= 0.3 is 0 Å². The summed E-state index contributed by atoms with van der Waals surface area (Å²) in [4.78, 5) is 45.4. The monoisotopic (exact) mass is 437 g/mol. The summed E-state index contributed by atoms with van der Waals surface area (Å²) in [6.45, 7) is 9.78.